The minimum atomic E-state index is -0.591. The van der Waals surface area contributed by atoms with Crippen LogP contribution in [0.4, 0.5) is 10.5 Å². The summed E-state index contributed by atoms with van der Waals surface area (Å²) in [6, 6.07) is 16.3. The lowest BCUT2D eigenvalue weighted by Crippen LogP contribution is -2.35. The molecule has 0 heterocycles. The third-order valence-corrected chi connectivity index (χ3v) is 3.90. The number of anilines is 1. The van der Waals surface area contributed by atoms with Crippen molar-refractivity contribution in [1.29, 1.82) is 0 Å². The zero-order valence-electron chi connectivity index (χ0n) is 18.1. The maximum Gasteiger partial charge on any atom is 0.407 e. The standard InChI is InChI=1S/C23H29N3O5/c1-23(2,3)31-22(29)24-14-13-20(27)25-15-17-9-7-8-12-19(17)26-21(28)16-30-18-10-5-4-6-11-18/h4-12H,13-16H2,1-3H3,(H,24,29)(H,25,27)(H,26,28). The molecule has 0 unspecified atom stereocenters. The second kappa shape index (κ2) is 11.6. The quantitative estimate of drug-likeness (QED) is 0.570. The van der Waals surface area contributed by atoms with Gasteiger partial charge in [0.15, 0.2) is 6.61 Å². The molecule has 3 amide bonds. The van der Waals surface area contributed by atoms with E-state index in [1.54, 1.807) is 45.0 Å². The number of amides is 3. The minimum absolute atomic E-state index is 0.110. The van der Waals surface area contributed by atoms with E-state index in [1.165, 1.54) is 0 Å². The van der Waals surface area contributed by atoms with Gasteiger partial charge in [-0.1, -0.05) is 36.4 Å². The molecular weight excluding hydrogens is 398 g/mol. The molecule has 0 fully saturated rings. The zero-order valence-corrected chi connectivity index (χ0v) is 18.1. The summed E-state index contributed by atoms with van der Waals surface area (Å²) >= 11 is 0. The van der Waals surface area contributed by atoms with Gasteiger partial charge in [0.1, 0.15) is 11.4 Å². The molecule has 8 nitrogen and oxygen atoms in total. The van der Waals surface area contributed by atoms with E-state index in [1.807, 2.05) is 30.3 Å². The Hall–Kier alpha value is -3.55. The molecule has 0 aliphatic carbocycles. The van der Waals surface area contributed by atoms with Gasteiger partial charge in [0, 0.05) is 25.2 Å². The Morgan fingerprint density at radius 1 is 0.871 bits per heavy atom. The third kappa shape index (κ3) is 9.66. The van der Waals surface area contributed by atoms with Crippen molar-refractivity contribution < 1.29 is 23.9 Å². The van der Waals surface area contributed by atoms with E-state index >= 15 is 0 Å². The van der Waals surface area contributed by atoms with Crippen LogP contribution in [0.25, 0.3) is 0 Å². The van der Waals surface area contributed by atoms with Gasteiger partial charge < -0.3 is 25.4 Å². The summed E-state index contributed by atoms with van der Waals surface area (Å²) in [5.41, 5.74) is 0.757. The average Bonchev–Trinajstić information content (AvgIpc) is 2.71. The molecule has 166 valence electrons. The fourth-order valence-corrected chi connectivity index (χ4v) is 2.52. The van der Waals surface area contributed by atoms with Crippen LogP contribution in [-0.4, -0.2) is 36.7 Å². The molecule has 3 N–H and O–H groups in total. The van der Waals surface area contributed by atoms with Crippen molar-refractivity contribution in [3.8, 4) is 5.75 Å². The maximum absolute atomic E-state index is 12.2. The molecule has 0 aliphatic rings. The first kappa shape index (κ1) is 23.7. The first-order chi connectivity index (χ1) is 14.7. The lowest BCUT2D eigenvalue weighted by molar-refractivity contribution is -0.121. The number of hydrogen-bond acceptors (Lipinski definition) is 5. The van der Waals surface area contributed by atoms with Gasteiger partial charge in [-0.15, -0.1) is 0 Å². The molecule has 0 radical (unpaired) electrons. The SMILES string of the molecule is CC(C)(C)OC(=O)NCCC(=O)NCc1ccccc1NC(=O)COc1ccccc1. The highest BCUT2D eigenvalue weighted by Crippen LogP contribution is 2.15. The summed E-state index contributed by atoms with van der Waals surface area (Å²) in [6.45, 7) is 5.58. The monoisotopic (exact) mass is 427 g/mol. The highest BCUT2D eigenvalue weighted by Gasteiger charge is 2.16. The van der Waals surface area contributed by atoms with Crippen molar-refractivity contribution in [2.24, 2.45) is 0 Å². The molecule has 2 aromatic carbocycles. The Labute approximate surface area is 182 Å². The Morgan fingerprint density at radius 3 is 2.26 bits per heavy atom. The van der Waals surface area contributed by atoms with E-state index in [0.717, 1.165) is 5.56 Å². The van der Waals surface area contributed by atoms with E-state index in [-0.39, 0.29) is 37.9 Å². The summed E-state index contributed by atoms with van der Waals surface area (Å²) in [5.74, 6) is 0.0759. The van der Waals surface area contributed by atoms with Gasteiger partial charge in [0.25, 0.3) is 5.91 Å². The number of carbonyl (C=O) groups is 3. The van der Waals surface area contributed by atoms with Crippen LogP contribution in [0.3, 0.4) is 0 Å². The Kier molecular flexibility index (Phi) is 8.87. The van der Waals surface area contributed by atoms with Crippen molar-refractivity contribution >= 4 is 23.6 Å². The number of alkyl carbamates (subject to hydrolysis) is 1. The van der Waals surface area contributed by atoms with Crippen molar-refractivity contribution in [2.45, 2.75) is 39.3 Å². The van der Waals surface area contributed by atoms with E-state index in [0.29, 0.717) is 11.4 Å². The first-order valence-corrected chi connectivity index (χ1v) is 10.0. The molecule has 31 heavy (non-hydrogen) atoms. The maximum atomic E-state index is 12.2. The van der Waals surface area contributed by atoms with Gasteiger partial charge in [-0.2, -0.15) is 0 Å². The van der Waals surface area contributed by atoms with Gasteiger partial charge >= 0.3 is 6.09 Å². The molecule has 0 saturated carbocycles. The fourth-order valence-electron chi connectivity index (χ4n) is 2.52. The molecule has 0 saturated heterocycles. The fraction of sp³-hybridized carbons (Fsp3) is 0.348. The van der Waals surface area contributed by atoms with Crippen molar-refractivity contribution in [2.75, 3.05) is 18.5 Å². The first-order valence-electron chi connectivity index (χ1n) is 10.0. The number of nitrogens with one attached hydrogen (secondary N) is 3. The van der Waals surface area contributed by atoms with Crippen molar-refractivity contribution in [3.05, 3.63) is 60.2 Å². The molecule has 2 aromatic rings. The molecule has 0 aromatic heterocycles. The van der Waals surface area contributed by atoms with Crippen LogP contribution in [0.1, 0.15) is 32.8 Å². The lowest BCUT2D eigenvalue weighted by atomic mass is 10.1. The molecule has 0 bridgehead atoms. The molecule has 8 heteroatoms. The van der Waals surface area contributed by atoms with E-state index in [4.69, 9.17) is 9.47 Å². The highest BCUT2D eigenvalue weighted by molar-refractivity contribution is 5.92. The van der Waals surface area contributed by atoms with Crippen LogP contribution < -0.4 is 20.7 Å². The van der Waals surface area contributed by atoms with Crippen LogP contribution in [0, 0.1) is 0 Å². The van der Waals surface area contributed by atoms with Gasteiger partial charge in [0.05, 0.1) is 0 Å². The number of rotatable bonds is 9. The number of carbonyl (C=O) groups excluding carboxylic acids is 3. The number of para-hydroxylation sites is 2. The summed E-state index contributed by atoms with van der Waals surface area (Å²) in [5, 5.41) is 8.11. The molecule has 0 aliphatic heterocycles. The van der Waals surface area contributed by atoms with Crippen LogP contribution >= 0.6 is 0 Å². The van der Waals surface area contributed by atoms with Crippen LogP contribution in [-0.2, 0) is 20.9 Å². The highest BCUT2D eigenvalue weighted by atomic mass is 16.6. The summed E-state index contributed by atoms with van der Waals surface area (Å²) in [6.07, 6.45) is -0.454. The Balaban J connectivity index is 1.76. The van der Waals surface area contributed by atoms with Gasteiger partial charge in [-0.05, 0) is 44.5 Å². The zero-order chi connectivity index (χ0) is 22.7. The van der Waals surface area contributed by atoms with E-state index in [2.05, 4.69) is 16.0 Å². The Bertz CT molecular complexity index is 878. The van der Waals surface area contributed by atoms with Gasteiger partial charge in [0.2, 0.25) is 5.91 Å². The average molecular weight is 428 g/mol. The number of benzene rings is 2. The molecule has 0 spiro atoms. The number of hydrogen-bond donors (Lipinski definition) is 3. The minimum Gasteiger partial charge on any atom is -0.484 e. The summed E-state index contributed by atoms with van der Waals surface area (Å²) < 4.78 is 10.6. The van der Waals surface area contributed by atoms with Gasteiger partial charge in [-0.3, -0.25) is 9.59 Å². The lowest BCUT2D eigenvalue weighted by Gasteiger charge is -2.19. The van der Waals surface area contributed by atoms with Crippen LogP contribution in [0.5, 0.6) is 5.75 Å². The van der Waals surface area contributed by atoms with Crippen LogP contribution in [0.15, 0.2) is 54.6 Å². The summed E-state index contributed by atoms with van der Waals surface area (Å²) in [7, 11) is 0. The van der Waals surface area contributed by atoms with Crippen molar-refractivity contribution in [1.82, 2.24) is 10.6 Å². The molecule has 0 atom stereocenters. The predicted molar refractivity (Wildman–Crippen MR) is 118 cm³/mol. The van der Waals surface area contributed by atoms with E-state index in [9.17, 15) is 14.4 Å². The molecular formula is C23H29N3O5. The third-order valence-electron chi connectivity index (χ3n) is 3.90. The van der Waals surface area contributed by atoms with E-state index < -0.39 is 11.7 Å². The van der Waals surface area contributed by atoms with Crippen LogP contribution in [0.2, 0.25) is 0 Å². The topological polar surface area (TPSA) is 106 Å². The second-order valence-corrected chi connectivity index (χ2v) is 7.76. The van der Waals surface area contributed by atoms with Crippen molar-refractivity contribution in [3.63, 3.8) is 0 Å². The predicted octanol–water partition coefficient (Wildman–Crippen LogP) is 3.24. The molecule has 2 rings (SSSR count). The second-order valence-electron chi connectivity index (χ2n) is 7.76. The smallest absolute Gasteiger partial charge is 0.407 e. The largest absolute Gasteiger partial charge is 0.484 e. The normalized spacial score (nSPS) is 10.7. The van der Waals surface area contributed by atoms with Gasteiger partial charge in [-0.25, -0.2) is 4.79 Å². The number of ether oxygens (including phenoxy) is 2. The Morgan fingerprint density at radius 2 is 1.55 bits per heavy atom. The summed E-state index contributed by atoms with van der Waals surface area (Å²) in [4.78, 5) is 35.9.